The number of hydrogen-bond acceptors (Lipinski definition) is 5. The van der Waals surface area contributed by atoms with Crippen LogP contribution in [0.1, 0.15) is 25.1 Å². The first-order valence-corrected chi connectivity index (χ1v) is 13.7. The number of thioether (sulfide) groups is 1. The average Bonchev–Trinajstić information content (AvgIpc) is 3.21. The Bertz CT molecular complexity index is 1480. The predicted molar refractivity (Wildman–Crippen MR) is 142 cm³/mol. The average molecular weight is 505 g/mol. The van der Waals surface area contributed by atoms with Gasteiger partial charge in [0.05, 0.1) is 15.6 Å². The largest absolute Gasteiger partial charge is 0.744 e. The van der Waals surface area contributed by atoms with Gasteiger partial charge in [0.1, 0.15) is 16.7 Å². The number of rotatable bonds is 4. The molecule has 0 spiro atoms. The highest BCUT2D eigenvalue weighted by Gasteiger charge is 2.25. The zero-order chi connectivity index (χ0) is 25.0. The van der Waals surface area contributed by atoms with Gasteiger partial charge < -0.3 is 9.45 Å². The monoisotopic (exact) mass is 504 g/mol. The fraction of sp³-hybridized carbons (Fsp3) is 0.179. The number of fused-ring (bicyclic) bond motifs is 2. The molecule has 7 heteroatoms. The molecule has 0 radical (unpaired) electrons. The smallest absolute Gasteiger partial charge is 0.212 e. The van der Waals surface area contributed by atoms with E-state index >= 15 is 0 Å². The van der Waals surface area contributed by atoms with Gasteiger partial charge in [0, 0.05) is 35.0 Å². The number of pyridine rings is 1. The van der Waals surface area contributed by atoms with Gasteiger partial charge in [0.25, 0.3) is 0 Å². The molecule has 1 aliphatic heterocycles. The number of anilines is 1. The van der Waals surface area contributed by atoms with Crippen molar-refractivity contribution in [2.24, 2.45) is 0 Å². The molecule has 0 aliphatic carbocycles. The molecule has 0 bridgehead atoms. The van der Waals surface area contributed by atoms with Gasteiger partial charge in [0.2, 0.25) is 11.2 Å². The van der Waals surface area contributed by atoms with E-state index in [1.54, 1.807) is 12.1 Å². The lowest BCUT2D eigenvalue weighted by Gasteiger charge is -2.17. The molecule has 4 aromatic rings. The molecule has 2 heterocycles. The van der Waals surface area contributed by atoms with Gasteiger partial charge in [-0.2, -0.15) is 4.57 Å². The van der Waals surface area contributed by atoms with E-state index in [-0.39, 0.29) is 4.90 Å². The van der Waals surface area contributed by atoms with Crippen molar-refractivity contribution in [1.82, 2.24) is 0 Å². The first-order valence-electron chi connectivity index (χ1n) is 11.5. The van der Waals surface area contributed by atoms with Crippen LogP contribution in [0.2, 0.25) is 0 Å². The lowest BCUT2D eigenvalue weighted by molar-refractivity contribution is -0.669. The molecule has 0 fully saturated rings. The van der Waals surface area contributed by atoms with Gasteiger partial charge in [-0.1, -0.05) is 53.7 Å². The minimum atomic E-state index is -4.27. The lowest BCUT2D eigenvalue weighted by atomic mass is 10.2. The summed E-state index contributed by atoms with van der Waals surface area (Å²) in [6.45, 7) is 8.19. The van der Waals surface area contributed by atoms with Crippen LogP contribution in [0.4, 0.5) is 5.69 Å². The second kappa shape index (κ2) is 10.6. The molecule has 0 N–H and O–H groups in total. The second-order valence-corrected chi connectivity index (χ2v) is 10.6. The molecule has 1 aliphatic rings. The number of hydrogen-bond donors (Lipinski definition) is 0. The molecule has 0 amide bonds. The van der Waals surface area contributed by atoms with E-state index in [1.807, 2.05) is 18.7 Å². The first-order chi connectivity index (χ1) is 16.8. The highest BCUT2D eigenvalue weighted by Crippen LogP contribution is 2.46. The highest BCUT2D eigenvalue weighted by molar-refractivity contribution is 8.03. The van der Waals surface area contributed by atoms with Gasteiger partial charge in [0.15, 0.2) is 0 Å². The van der Waals surface area contributed by atoms with Crippen molar-refractivity contribution in [3.05, 3.63) is 101 Å². The van der Waals surface area contributed by atoms with Gasteiger partial charge in [-0.05, 0) is 57.2 Å². The van der Waals surface area contributed by atoms with Crippen molar-refractivity contribution >= 4 is 44.5 Å². The SMILES string of the molecule is CCN1/C(=C/c2ccc3ccccc3[n+]2CC)Sc2ccccc21.Cc1ccc(S(=O)(=O)[O-])cc1. The van der Waals surface area contributed by atoms with E-state index in [9.17, 15) is 13.0 Å². The zero-order valence-corrected chi connectivity index (χ0v) is 21.6. The van der Waals surface area contributed by atoms with E-state index in [0.717, 1.165) is 18.7 Å². The molecular weight excluding hydrogens is 476 g/mol. The highest BCUT2D eigenvalue weighted by atomic mass is 32.2. The van der Waals surface area contributed by atoms with Gasteiger partial charge >= 0.3 is 0 Å². The molecule has 0 saturated carbocycles. The first kappa shape index (κ1) is 25.0. The molecule has 0 saturated heterocycles. The summed E-state index contributed by atoms with van der Waals surface area (Å²) in [5, 5.41) is 2.59. The Hall–Kier alpha value is -3.13. The van der Waals surface area contributed by atoms with Crippen molar-refractivity contribution in [1.29, 1.82) is 0 Å². The van der Waals surface area contributed by atoms with Crippen LogP contribution in [-0.4, -0.2) is 19.5 Å². The molecule has 180 valence electrons. The fourth-order valence-electron chi connectivity index (χ4n) is 4.08. The van der Waals surface area contributed by atoms with Crippen LogP contribution in [-0.2, 0) is 16.7 Å². The van der Waals surface area contributed by atoms with E-state index in [0.29, 0.717) is 0 Å². The Balaban J connectivity index is 0.000000221. The number of benzene rings is 3. The quantitative estimate of drug-likeness (QED) is 0.253. The van der Waals surface area contributed by atoms with Gasteiger partial charge in [-0.3, -0.25) is 0 Å². The Morgan fingerprint density at radius 3 is 2.29 bits per heavy atom. The van der Waals surface area contributed by atoms with E-state index in [2.05, 4.69) is 90.1 Å². The molecule has 3 aromatic carbocycles. The van der Waals surface area contributed by atoms with Crippen LogP contribution in [0, 0.1) is 6.92 Å². The molecule has 5 rings (SSSR count). The van der Waals surface area contributed by atoms with Crippen molar-refractivity contribution < 1.29 is 17.5 Å². The summed E-state index contributed by atoms with van der Waals surface area (Å²) < 4.78 is 33.6. The van der Waals surface area contributed by atoms with Crippen LogP contribution < -0.4 is 9.47 Å². The number of para-hydroxylation sites is 2. The van der Waals surface area contributed by atoms with Crippen LogP contribution in [0.15, 0.2) is 99.7 Å². The summed E-state index contributed by atoms with van der Waals surface area (Å²) in [4.78, 5) is 3.56. The Morgan fingerprint density at radius 1 is 0.914 bits per heavy atom. The zero-order valence-electron chi connectivity index (χ0n) is 20.0. The van der Waals surface area contributed by atoms with Crippen LogP contribution in [0.5, 0.6) is 0 Å². The standard InChI is InChI=1S/C21H21N2S.C7H8O3S/c1-3-22-17(14-13-16-9-5-6-10-18(16)22)15-21-23(4-2)19-11-7-8-12-20(19)24-21;1-6-2-4-7(5-3-6)11(8,9)10/h5-15H,3-4H2,1-2H3;2-5H,1H3,(H,8,9,10)/q+1;/p-1. The van der Waals surface area contributed by atoms with Gasteiger partial charge in [-0.15, -0.1) is 0 Å². The molecular formula is C28H28N2O3S2. The topological polar surface area (TPSA) is 64.3 Å². The summed E-state index contributed by atoms with van der Waals surface area (Å²) in [5.74, 6) is 0. The number of aromatic nitrogens is 1. The summed E-state index contributed by atoms with van der Waals surface area (Å²) in [5.41, 5.74) is 4.79. The summed E-state index contributed by atoms with van der Waals surface area (Å²) >= 11 is 1.86. The number of nitrogens with zero attached hydrogens (tertiary/aromatic N) is 2. The minimum absolute atomic E-state index is 0.178. The van der Waals surface area contributed by atoms with Crippen molar-refractivity contribution in [2.75, 3.05) is 11.4 Å². The van der Waals surface area contributed by atoms with Crippen molar-refractivity contribution in [2.45, 2.75) is 37.1 Å². The van der Waals surface area contributed by atoms with E-state index in [1.165, 1.54) is 44.3 Å². The van der Waals surface area contributed by atoms with Crippen molar-refractivity contribution in [3.8, 4) is 0 Å². The van der Waals surface area contributed by atoms with Crippen LogP contribution >= 0.6 is 11.8 Å². The van der Waals surface area contributed by atoms with Crippen molar-refractivity contribution in [3.63, 3.8) is 0 Å². The third-order valence-electron chi connectivity index (χ3n) is 5.82. The summed E-state index contributed by atoms with van der Waals surface area (Å²) in [7, 11) is -4.27. The summed E-state index contributed by atoms with van der Waals surface area (Å²) in [6, 6.07) is 27.5. The maximum atomic E-state index is 10.4. The Morgan fingerprint density at radius 2 is 1.60 bits per heavy atom. The third kappa shape index (κ3) is 5.59. The van der Waals surface area contributed by atoms with Crippen LogP contribution in [0.3, 0.4) is 0 Å². The minimum Gasteiger partial charge on any atom is -0.744 e. The molecule has 0 atom stereocenters. The summed E-state index contributed by atoms with van der Waals surface area (Å²) in [6.07, 6.45) is 2.32. The second-order valence-electron chi connectivity index (χ2n) is 8.13. The normalized spacial score (nSPS) is 14.1. The maximum Gasteiger partial charge on any atom is 0.212 e. The molecule has 35 heavy (non-hydrogen) atoms. The van der Waals surface area contributed by atoms with E-state index < -0.39 is 10.1 Å². The van der Waals surface area contributed by atoms with E-state index in [4.69, 9.17) is 0 Å². The Kier molecular flexibility index (Phi) is 7.60. The fourth-order valence-corrected chi connectivity index (χ4v) is 5.72. The van der Waals surface area contributed by atoms with Crippen LogP contribution in [0.25, 0.3) is 17.0 Å². The predicted octanol–water partition coefficient (Wildman–Crippen LogP) is 5.98. The third-order valence-corrected chi connectivity index (χ3v) is 7.78. The molecule has 5 nitrogen and oxygen atoms in total. The maximum absolute atomic E-state index is 10.4. The molecule has 0 unspecified atom stereocenters. The number of aryl methyl sites for hydroxylation is 2. The molecule has 1 aromatic heterocycles. The lowest BCUT2D eigenvalue weighted by Crippen LogP contribution is -2.36. The van der Waals surface area contributed by atoms with Gasteiger partial charge in [-0.25, -0.2) is 8.42 Å². The Labute approximate surface area is 211 Å².